The van der Waals surface area contributed by atoms with E-state index in [-0.39, 0.29) is 5.91 Å². The Kier molecular flexibility index (Phi) is 5.50. The standard InChI is InChI=1S/C17H27N5O2/c1-14-5-3-4-8-22(14)15(23)13-20-9-11-21(12-10-20)16-17(24-2)19-7-6-18-16/h6-7,14H,3-5,8-13H2,1-2H3/t14-/m0/s1. The largest absolute Gasteiger partial charge is 0.478 e. The van der Waals surface area contributed by atoms with Gasteiger partial charge in [0, 0.05) is 51.2 Å². The van der Waals surface area contributed by atoms with Crippen molar-refractivity contribution in [3.8, 4) is 5.88 Å². The number of nitrogens with zero attached hydrogens (tertiary/aromatic N) is 5. The first kappa shape index (κ1) is 17.0. The van der Waals surface area contributed by atoms with Crippen LogP contribution in [0.3, 0.4) is 0 Å². The van der Waals surface area contributed by atoms with Gasteiger partial charge in [-0.3, -0.25) is 9.69 Å². The summed E-state index contributed by atoms with van der Waals surface area (Å²) in [6.07, 6.45) is 6.83. The Balaban J connectivity index is 1.52. The summed E-state index contributed by atoms with van der Waals surface area (Å²) in [6.45, 7) is 6.97. The first-order valence-electron chi connectivity index (χ1n) is 8.81. The molecule has 0 spiro atoms. The lowest BCUT2D eigenvalue weighted by Crippen LogP contribution is -2.52. The molecule has 1 aromatic rings. The Morgan fingerprint density at radius 2 is 1.92 bits per heavy atom. The number of methoxy groups -OCH3 is 1. The van der Waals surface area contributed by atoms with Gasteiger partial charge in [0.25, 0.3) is 5.88 Å². The normalized spacial score (nSPS) is 22.5. The summed E-state index contributed by atoms with van der Waals surface area (Å²) in [5.74, 6) is 1.62. The molecule has 1 aromatic heterocycles. The Morgan fingerprint density at radius 1 is 1.17 bits per heavy atom. The molecule has 132 valence electrons. The van der Waals surface area contributed by atoms with Crippen molar-refractivity contribution in [2.75, 3.05) is 51.3 Å². The molecule has 2 saturated heterocycles. The smallest absolute Gasteiger partial charge is 0.257 e. The molecule has 7 nitrogen and oxygen atoms in total. The summed E-state index contributed by atoms with van der Waals surface area (Å²) >= 11 is 0. The van der Waals surface area contributed by atoms with E-state index in [1.807, 2.05) is 0 Å². The fourth-order valence-corrected chi connectivity index (χ4v) is 3.55. The van der Waals surface area contributed by atoms with Crippen LogP contribution in [0.2, 0.25) is 0 Å². The van der Waals surface area contributed by atoms with Gasteiger partial charge in [0.05, 0.1) is 13.7 Å². The van der Waals surface area contributed by atoms with Crippen LogP contribution in [0.4, 0.5) is 5.82 Å². The second kappa shape index (κ2) is 7.79. The predicted molar refractivity (Wildman–Crippen MR) is 92.3 cm³/mol. The van der Waals surface area contributed by atoms with Crippen molar-refractivity contribution >= 4 is 11.7 Å². The molecule has 7 heteroatoms. The number of ether oxygens (including phenoxy) is 1. The molecule has 3 rings (SSSR count). The van der Waals surface area contributed by atoms with Gasteiger partial charge in [0.2, 0.25) is 5.91 Å². The molecule has 0 unspecified atom stereocenters. The van der Waals surface area contributed by atoms with E-state index in [0.29, 0.717) is 18.5 Å². The van der Waals surface area contributed by atoms with Crippen LogP contribution in [0.15, 0.2) is 12.4 Å². The Hall–Kier alpha value is -1.89. The number of carbonyl (C=O) groups excluding carboxylic acids is 1. The van der Waals surface area contributed by atoms with E-state index in [1.165, 1.54) is 6.42 Å². The molecule has 0 radical (unpaired) electrons. The second-order valence-electron chi connectivity index (χ2n) is 6.58. The quantitative estimate of drug-likeness (QED) is 0.819. The summed E-state index contributed by atoms with van der Waals surface area (Å²) < 4.78 is 5.29. The zero-order chi connectivity index (χ0) is 16.9. The number of piperidine rings is 1. The van der Waals surface area contributed by atoms with Crippen LogP contribution in [0.1, 0.15) is 26.2 Å². The van der Waals surface area contributed by atoms with Crippen molar-refractivity contribution in [2.24, 2.45) is 0 Å². The molecular weight excluding hydrogens is 306 g/mol. The maximum atomic E-state index is 12.6. The number of carbonyl (C=O) groups is 1. The Bertz CT molecular complexity index is 560. The van der Waals surface area contributed by atoms with Crippen LogP contribution in [-0.2, 0) is 4.79 Å². The lowest BCUT2D eigenvalue weighted by molar-refractivity contribution is -0.135. The molecule has 0 aromatic carbocycles. The molecule has 0 aliphatic carbocycles. The minimum Gasteiger partial charge on any atom is -0.478 e. The van der Waals surface area contributed by atoms with Crippen LogP contribution in [0.5, 0.6) is 5.88 Å². The van der Waals surface area contributed by atoms with Crippen LogP contribution in [-0.4, -0.2) is 78.1 Å². The van der Waals surface area contributed by atoms with Gasteiger partial charge >= 0.3 is 0 Å². The summed E-state index contributed by atoms with van der Waals surface area (Å²) in [6, 6.07) is 0.386. The van der Waals surface area contributed by atoms with E-state index >= 15 is 0 Å². The van der Waals surface area contributed by atoms with Crippen LogP contribution in [0, 0.1) is 0 Å². The van der Waals surface area contributed by atoms with E-state index in [2.05, 4.69) is 31.6 Å². The summed E-state index contributed by atoms with van der Waals surface area (Å²) in [5.41, 5.74) is 0. The van der Waals surface area contributed by atoms with Crippen molar-refractivity contribution < 1.29 is 9.53 Å². The first-order valence-corrected chi connectivity index (χ1v) is 8.81. The highest BCUT2D eigenvalue weighted by atomic mass is 16.5. The number of hydrogen-bond acceptors (Lipinski definition) is 6. The fraction of sp³-hybridized carbons (Fsp3) is 0.706. The molecule has 3 heterocycles. The third-order valence-corrected chi connectivity index (χ3v) is 4.99. The molecular formula is C17H27N5O2. The average Bonchev–Trinajstić information content (AvgIpc) is 2.62. The van der Waals surface area contributed by atoms with E-state index in [9.17, 15) is 4.79 Å². The highest BCUT2D eigenvalue weighted by Gasteiger charge is 2.27. The molecule has 2 fully saturated rings. The SMILES string of the molecule is COc1nccnc1N1CCN(CC(=O)N2CCCC[C@@H]2C)CC1. The lowest BCUT2D eigenvalue weighted by atomic mass is 10.0. The van der Waals surface area contributed by atoms with Crippen molar-refractivity contribution in [3.63, 3.8) is 0 Å². The number of rotatable bonds is 4. The molecule has 2 aliphatic heterocycles. The minimum atomic E-state index is 0.271. The third-order valence-electron chi connectivity index (χ3n) is 4.99. The predicted octanol–water partition coefficient (Wildman–Crippen LogP) is 1.01. The lowest BCUT2D eigenvalue weighted by Gasteiger charge is -2.38. The van der Waals surface area contributed by atoms with Gasteiger partial charge in [0.1, 0.15) is 0 Å². The molecule has 24 heavy (non-hydrogen) atoms. The molecule has 1 atom stereocenters. The Labute approximate surface area is 143 Å². The highest BCUT2D eigenvalue weighted by Crippen LogP contribution is 2.23. The van der Waals surface area contributed by atoms with Crippen molar-refractivity contribution in [2.45, 2.75) is 32.2 Å². The van der Waals surface area contributed by atoms with Crippen LogP contribution >= 0.6 is 0 Å². The summed E-state index contributed by atoms with van der Waals surface area (Å²) in [7, 11) is 1.61. The van der Waals surface area contributed by atoms with Gasteiger partial charge in [-0.2, -0.15) is 0 Å². The Morgan fingerprint density at radius 3 is 2.62 bits per heavy atom. The van der Waals surface area contributed by atoms with Gasteiger partial charge in [-0.15, -0.1) is 0 Å². The maximum absolute atomic E-state index is 12.6. The number of anilines is 1. The van der Waals surface area contributed by atoms with Gasteiger partial charge < -0.3 is 14.5 Å². The van der Waals surface area contributed by atoms with Crippen molar-refractivity contribution in [1.29, 1.82) is 0 Å². The molecule has 0 saturated carbocycles. The van der Waals surface area contributed by atoms with Crippen molar-refractivity contribution in [3.05, 3.63) is 12.4 Å². The van der Waals surface area contributed by atoms with Gasteiger partial charge in [0.15, 0.2) is 5.82 Å². The van der Waals surface area contributed by atoms with Crippen LogP contribution < -0.4 is 9.64 Å². The van der Waals surface area contributed by atoms with Gasteiger partial charge in [-0.1, -0.05) is 0 Å². The van der Waals surface area contributed by atoms with E-state index < -0.39 is 0 Å². The van der Waals surface area contributed by atoms with E-state index in [4.69, 9.17) is 4.74 Å². The number of amides is 1. The summed E-state index contributed by atoms with van der Waals surface area (Å²) in [5, 5.41) is 0. The van der Waals surface area contributed by atoms with Crippen LogP contribution in [0.25, 0.3) is 0 Å². The van der Waals surface area contributed by atoms with Crippen molar-refractivity contribution in [1.82, 2.24) is 19.8 Å². The zero-order valence-electron chi connectivity index (χ0n) is 14.6. The van der Waals surface area contributed by atoms with Gasteiger partial charge in [-0.25, -0.2) is 9.97 Å². The molecule has 1 amide bonds. The second-order valence-corrected chi connectivity index (χ2v) is 6.58. The number of piperazine rings is 1. The van der Waals surface area contributed by atoms with E-state index in [0.717, 1.165) is 51.4 Å². The topological polar surface area (TPSA) is 61.8 Å². The average molecular weight is 333 g/mol. The summed E-state index contributed by atoms with van der Waals surface area (Å²) in [4.78, 5) is 27.6. The molecule has 0 N–H and O–H groups in total. The molecule has 2 aliphatic rings. The van der Waals surface area contributed by atoms with Gasteiger partial charge in [-0.05, 0) is 26.2 Å². The highest BCUT2D eigenvalue weighted by molar-refractivity contribution is 5.78. The fourth-order valence-electron chi connectivity index (χ4n) is 3.55. The van der Waals surface area contributed by atoms with E-state index in [1.54, 1.807) is 19.5 Å². The number of likely N-dealkylation sites (tertiary alicyclic amines) is 1. The third kappa shape index (κ3) is 3.77. The molecule has 0 bridgehead atoms. The number of aromatic nitrogens is 2. The zero-order valence-corrected chi connectivity index (χ0v) is 14.6. The monoisotopic (exact) mass is 333 g/mol. The minimum absolute atomic E-state index is 0.271. The maximum Gasteiger partial charge on any atom is 0.257 e. The first-order chi connectivity index (χ1) is 11.7. The number of hydrogen-bond donors (Lipinski definition) is 0.